The first kappa shape index (κ1) is 33.1. The van der Waals surface area contributed by atoms with Crippen LogP contribution in [-0.2, 0) is 9.47 Å². The molecular formula is C27H32O17. The fourth-order valence-electron chi connectivity index (χ4n) is 4.55. The zero-order chi connectivity index (χ0) is 32.5. The minimum Gasteiger partial charge on any atom is -0.508 e. The molecule has 0 saturated carbocycles. The van der Waals surface area contributed by atoms with Crippen LogP contribution in [0.25, 0.3) is 22.3 Å². The topological polar surface area (TPSA) is 301 Å². The van der Waals surface area contributed by atoms with E-state index in [1.807, 2.05) is 0 Å². The molecule has 44 heavy (non-hydrogen) atoms. The Morgan fingerprint density at radius 1 is 0.841 bits per heavy atom. The van der Waals surface area contributed by atoms with E-state index in [2.05, 4.69) is 0 Å². The molecule has 1 fully saturated rings. The van der Waals surface area contributed by atoms with Gasteiger partial charge in [-0.25, -0.2) is 0 Å². The molecule has 0 bridgehead atoms. The number of ether oxygens (including phenoxy) is 3. The van der Waals surface area contributed by atoms with E-state index in [0.29, 0.717) is 0 Å². The highest BCUT2D eigenvalue weighted by Crippen LogP contribution is 2.38. The standard InChI is InChI=1S/C27H32O17/c28-6-14(34)19(35)21(37)17(44-27-24(40)23(39)20(36)16(7-29)43-27)8-41-26-22(38)18-13(33)4-10(30)5-15(18)42-25(26)9-1-2-11(31)12(32)3-9/h1-5,14,16-17,19-21,23-24,27-37,39-40H,6-8H2/t14?,16?,17-,19?,20?,21?,23?,24?,27?/m1/s1. The molecule has 12 N–H and O–H groups in total. The van der Waals surface area contributed by atoms with Crippen molar-refractivity contribution < 1.29 is 79.9 Å². The Morgan fingerprint density at radius 3 is 2.18 bits per heavy atom. The van der Waals surface area contributed by atoms with E-state index in [4.69, 9.17) is 18.6 Å². The zero-order valence-corrected chi connectivity index (χ0v) is 22.6. The van der Waals surface area contributed by atoms with Crippen LogP contribution >= 0.6 is 0 Å². The van der Waals surface area contributed by atoms with Crippen molar-refractivity contribution in [1.29, 1.82) is 0 Å². The highest BCUT2D eigenvalue weighted by molar-refractivity contribution is 5.88. The number of phenolic OH excluding ortho intramolecular Hbond substituents is 4. The summed E-state index contributed by atoms with van der Waals surface area (Å²) in [5.74, 6) is -3.44. The quantitative estimate of drug-likeness (QED) is 0.0937. The van der Waals surface area contributed by atoms with Gasteiger partial charge in [0, 0.05) is 17.7 Å². The molecule has 9 atom stereocenters. The maximum absolute atomic E-state index is 13.6. The summed E-state index contributed by atoms with van der Waals surface area (Å²) in [5, 5.41) is 120. The van der Waals surface area contributed by atoms with Crippen molar-refractivity contribution in [2.75, 3.05) is 19.8 Å². The third-order valence-corrected chi connectivity index (χ3v) is 7.02. The van der Waals surface area contributed by atoms with E-state index in [-0.39, 0.29) is 11.1 Å². The van der Waals surface area contributed by atoms with Crippen molar-refractivity contribution >= 4 is 11.0 Å². The van der Waals surface area contributed by atoms with Crippen molar-refractivity contribution in [2.45, 2.75) is 55.1 Å². The average Bonchev–Trinajstić information content (AvgIpc) is 2.99. The molecule has 17 heteroatoms. The van der Waals surface area contributed by atoms with Gasteiger partial charge >= 0.3 is 0 Å². The zero-order valence-electron chi connectivity index (χ0n) is 22.6. The van der Waals surface area contributed by atoms with E-state index in [1.54, 1.807) is 0 Å². The number of benzene rings is 2. The van der Waals surface area contributed by atoms with Gasteiger partial charge in [-0.2, -0.15) is 0 Å². The van der Waals surface area contributed by atoms with Gasteiger partial charge in [-0.1, -0.05) is 0 Å². The molecular weight excluding hydrogens is 596 g/mol. The van der Waals surface area contributed by atoms with Crippen molar-refractivity contribution in [2.24, 2.45) is 0 Å². The second-order valence-electron chi connectivity index (χ2n) is 10.0. The molecule has 0 aliphatic carbocycles. The van der Waals surface area contributed by atoms with Crippen molar-refractivity contribution in [1.82, 2.24) is 0 Å². The van der Waals surface area contributed by atoms with Crippen molar-refractivity contribution in [3.63, 3.8) is 0 Å². The Hall–Kier alpha value is -3.75. The highest BCUT2D eigenvalue weighted by atomic mass is 16.7. The molecule has 3 aromatic rings. The fourth-order valence-corrected chi connectivity index (χ4v) is 4.55. The smallest absolute Gasteiger partial charge is 0.239 e. The molecule has 1 saturated heterocycles. The Labute approximate surface area is 246 Å². The lowest BCUT2D eigenvalue weighted by Gasteiger charge is -2.41. The van der Waals surface area contributed by atoms with Crippen LogP contribution in [0.1, 0.15) is 0 Å². The molecule has 0 radical (unpaired) electrons. The SMILES string of the molecule is O=c1c(OC[C@@H](OC2OC(CO)C(O)C(O)C2O)C(O)C(O)C(O)CO)c(-c2ccc(O)c(O)c2)oc2cc(O)cc(O)c12. The maximum Gasteiger partial charge on any atom is 0.239 e. The van der Waals surface area contributed by atoms with Crippen LogP contribution in [0.2, 0.25) is 0 Å². The van der Waals surface area contributed by atoms with Gasteiger partial charge in [0.15, 0.2) is 23.5 Å². The van der Waals surface area contributed by atoms with Gasteiger partial charge in [0.2, 0.25) is 11.2 Å². The third kappa shape index (κ3) is 6.52. The Bertz CT molecular complexity index is 1510. The first-order valence-corrected chi connectivity index (χ1v) is 13.1. The van der Waals surface area contributed by atoms with Crippen molar-refractivity contribution in [3.8, 4) is 40.1 Å². The first-order valence-electron chi connectivity index (χ1n) is 13.1. The Morgan fingerprint density at radius 2 is 1.55 bits per heavy atom. The lowest BCUT2D eigenvalue weighted by atomic mass is 9.99. The monoisotopic (exact) mass is 628 g/mol. The minimum absolute atomic E-state index is 0.0557. The van der Waals surface area contributed by atoms with E-state index in [1.165, 1.54) is 6.07 Å². The summed E-state index contributed by atoms with van der Waals surface area (Å²) in [5.41, 5.74) is -1.42. The van der Waals surface area contributed by atoms with E-state index >= 15 is 0 Å². The van der Waals surface area contributed by atoms with Gasteiger partial charge in [-0.05, 0) is 18.2 Å². The van der Waals surface area contributed by atoms with Gasteiger partial charge in [-0.15, -0.1) is 0 Å². The van der Waals surface area contributed by atoms with Crippen LogP contribution in [0.4, 0.5) is 0 Å². The number of hydrogen-bond donors (Lipinski definition) is 12. The Kier molecular flexibility index (Phi) is 10.2. The number of aliphatic hydroxyl groups excluding tert-OH is 8. The molecule has 2 aromatic carbocycles. The predicted octanol–water partition coefficient (Wildman–Crippen LogP) is -3.08. The molecule has 1 aliphatic heterocycles. The molecule has 8 unspecified atom stereocenters. The number of hydrogen-bond acceptors (Lipinski definition) is 17. The molecule has 1 aliphatic rings. The number of rotatable bonds is 11. The summed E-state index contributed by atoms with van der Waals surface area (Å²) in [4.78, 5) is 13.6. The van der Waals surface area contributed by atoms with E-state index in [9.17, 15) is 66.1 Å². The number of aromatic hydroxyl groups is 4. The van der Waals surface area contributed by atoms with E-state index < -0.39 is 120 Å². The summed E-state index contributed by atoms with van der Waals surface area (Å²) < 4.78 is 22.2. The summed E-state index contributed by atoms with van der Waals surface area (Å²) in [6.07, 6.45) is -17.0. The Balaban J connectivity index is 1.77. The average molecular weight is 629 g/mol. The molecule has 17 nitrogen and oxygen atoms in total. The van der Waals surface area contributed by atoms with Crippen LogP contribution < -0.4 is 10.2 Å². The second-order valence-corrected chi connectivity index (χ2v) is 10.0. The number of fused-ring (bicyclic) bond motifs is 1. The minimum atomic E-state index is -2.15. The van der Waals surface area contributed by atoms with Crippen LogP contribution in [-0.4, -0.2) is 136 Å². The molecule has 0 spiro atoms. The van der Waals surface area contributed by atoms with Gasteiger partial charge in [0.05, 0.1) is 13.2 Å². The number of phenols is 4. The molecule has 4 rings (SSSR count). The fraction of sp³-hybridized carbons (Fsp3) is 0.444. The lowest BCUT2D eigenvalue weighted by Crippen LogP contribution is -2.61. The van der Waals surface area contributed by atoms with E-state index in [0.717, 1.165) is 24.3 Å². The normalized spacial score (nSPS) is 25.0. The predicted molar refractivity (Wildman–Crippen MR) is 144 cm³/mol. The largest absolute Gasteiger partial charge is 0.508 e. The molecule has 0 amide bonds. The first-order chi connectivity index (χ1) is 20.8. The molecule has 2 heterocycles. The second kappa shape index (κ2) is 13.5. The van der Waals surface area contributed by atoms with Crippen LogP contribution in [0.15, 0.2) is 39.5 Å². The van der Waals surface area contributed by atoms with Gasteiger partial charge in [0.25, 0.3) is 0 Å². The van der Waals surface area contributed by atoms with Gasteiger partial charge in [0.1, 0.15) is 77.9 Å². The maximum atomic E-state index is 13.6. The van der Waals surface area contributed by atoms with Crippen LogP contribution in [0.5, 0.6) is 28.7 Å². The van der Waals surface area contributed by atoms with Gasteiger partial charge in [-0.3, -0.25) is 4.79 Å². The molecule has 1 aromatic heterocycles. The summed E-state index contributed by atoms with van der Waals surface area (Å²) in [6.45, 7) is -2.78. The van der Waals surface area contributed by atoms with Crippen LogP contribution in [0, 0.1) is 0 Å². The summed E-state index contributed by atoms with van der Waals surface area (Å²) in [6, 6.07) is 5.11. The summed E-state index contributed by atoms with van der Waals surface area (Å²) >= 11 is 0. The summed E-state index contributed by atoms with van der Waals surface area (Å²) in [7, 11) is 0. The van der Waals surface area contributed by atoms with Gasteiger partial charge < -0.3 is 79.9 Å². The van der Waals surface area contributed by atoms with Crippen molar-refractivity contribution in [3.05, 3.63) is 40.6 Å². The molecule has 242 valence electrons. The van der Waals surface area contributed by atoms with Crippen LogP contribution in [0.3, 0.4) is 0 Å². The number of aliphatic hydroxyl groups is 8. The lowest BCUT2D eigenvalue weighted by molar-refractivity contribution is -0.321. The highest BCUT2D eigenvalue weighted by Gasteiger charge is 2.46. The third-order valence-electron chi connectivity index (χ3n) is 7.02.